The maximum atomic E-state index is 5.47. The van der Waals surface area contributed by atoms with Gasteiger partial charge in [-0.05, 0) is 43.1 Å². The standard InChI is InChI=1S/C14H22N4/c15-7-8-16-13-17-10-11-9-14(4-1-2-5-14)6-3-12(11)18-13/h10H,1-9,15H2,(H,16,17,18). The highest BCUT2D eigenvalue weighted by atomic mass is 15.1. The van der Waals surface area contributed by atoms with Gasteiger partial charge in [0, 0.05) is 25.0 Å². The molecule has 18 heavy (non-hydrogen) atoms. The summed E-state index contributed by atoms with van der Waals surface area (Å²) in [6.07, 6.45) is 11.3. The lowest BCUT2D eigenvalue weighted by Crippen LogP contribution is -2.27. The van der Waals surface area contributed by atoms with Crippen LogP contribution in [0.2, 0.25) is 0 Å². The molecule has 1 heterocycles. The van der Waals surface area contributed by atoms with Crippen LogP contribution in [0.1, 0.15) is 43.4 Å². The zero-order valence-corrected chi connectivity index (χ0v) is 10.9. The second-order valence-electron chi connectivity index (χ2n) is 5.76. The van der Waals surface area contributed by atoms with Gasteiger partial charge in [0.2, 0.25) is 5.95 Å². The summed E-state index contributed by atoms with van der Waals surface area (Å²) in [5, 5.41) is 3.16. The molecule has 0 atom stereocenters. The van der Waals surface area contributed by atoms with E-state index in [9.17, 15) is 0 Å². The number of nitrogens with one attached hydrogen (secondary N) is 1. The van der Waals surface area contributed by atoms with E-state index in [1.165, 1.54) is 49.8 Å². The van der Waals surface area contributed by atoms with Crippen LogP contribution in [-0.2, 0) is 12.8 Å². The molecule has 0 amide bonds. The summed E-state index contributed by atoms with van der Waals surface area (Å²) in [6.45, 7) is 1.35. The third-order valence-corrected chi connectivity index (χ3v) is 4.50. The number of nitrogens with zero attached hydrogens (tertiary/aromatic N) is 2. The zero-order chi connectivity index (χ0) is 12.4. The first-order valence-electron chi connectivity index (χ1n) is 7.10. The number of fused-ring (bicyclic) bond motifs is 1. The van der Waals surface area contributed by atoms with E-state index in [0.29, 0.717) is 12.0 Å². The molecule has 1 saturated carbocycles. The van der Waals surface area contributed by atoms with Gasteiger partial charge in [-0.25, -0.2) is 9.97 Å². The first-order valence-corrected chi connectivity index (χ1v) is 7.10. The zero-order valence-electron chi connectivity index (χ0n) is 10.9. The van der Waals surface area contributed by atoms with Crippen LogP contribution in [0.15, 0.2) is 6.20 Å². The molecule has 0 radical (unpaired) electrons. The molecule has 1 aromatic rings. The molecule has 2 aliphatic rings. The van der Waals surface area contributed by atoms with Gasteiger partial charge in [0.25, 0.3) is 0 Å². The molecule has 3 N–H and O–H groups in total. The van der Waals surface area contributed by atoms with Gasteiger partial charge in [-0.2, -0.15) is 0 Å². The van der Waals surface area contributed by atoms with Gasteiger partial charge in [0.1, 0.15) is 0 Å². The number of rotatable bonds is 3. The van der Waals surface area contributed by atoms with E-state index in [1.54, 1.807) is 0 Å². The lowest BCUT2D eigenvalue weighted by molar-refractivity contribution is 0.252. The molecule has 0 aromatic carbocycles. The van der Waals surface area contributed by atoms with Crippen LogP contribution >= 0.6 is 0 Å². The quantitative estimate of drug-likeness (QED) is 0.855. The van der Waals surface area contributed by atoms with E-state index in [2.05, 4.69) is 15.3 Å². The van der Waals surface area contributed by atoms with Gasteiger partial charge in [0.15, 0.2) is 0 Å². The molecule has 3 rings (SSSR count). The number of anilines is 1. The van der Waals surface area contributed by atoms with Crippen molar-refractivity contribution < 1.29 is 0 Å². The van der Waals surface area contributed by atoms with Gasteiger partial charge < -0.3 is 11.1 Å². The van der Waals surface area contributed by atoms with E-state index < -0.39 is 0 Å². The fraction of sp³-hybridized carbons (Fsp3) is 0.714. The van der Waals surface area contributed by atoms with Gasteiger partial charge in [-0.1, -0.05) is 12.8 Å². The summed E-state index contributed by atoms with van der Waals surface area (Å²) in [6, 6.07) is 0. The molecule has 2 aliphatic carbocycles. The molecule has 1 fully saturated rings. The monoisotopic (exact) mass is 246 g/mol. The largest absolute Gasteiger partial charge is 0.353 e. The molecule has 0 saturated heterocycles. The lowest BCUT2D eigenvalue weighted by atomic mass is 9.72. The summed E-state index contributed by atoms with van der Waals surface area (Å²) in [7, 11) is 0. The fourth-order valence-electron chi connectivity index (χ4n) is 3.50. The van der Waals surface area contributed by atoms with Crippen molar-refractivity contribution in [2.75, 3.05) is 18.4 Å². The van der Waals surface area contributed by atoms with E-state index >= 15 is 0 Å². The molecule has 0 aliphatic heterocycles. The second-order valence-corrected chi connectivity index (χ2v) is 5.76. The Balaban J connectivity index is 1.76. The summed E-state index contributed by atoms with van der Waals surface area (Å²) in [5.74, 6) is 0.738. The minimum atomic E-state index is 0.586. The fourth-order valence-corrected chi connectivity index (χ4v) is 3.50. The second kappa shape index (κ2) is 4.84. The van der Waals surface area contributed by atoms with E-state index in [0.717, 1.165) is 18.9 Å². The summed E-state index contributed by atoms with van der Waals surface area (Å²) in [5.41, 5.74) is 8.69. The Morgan fingerprint density at radius 3 is 2.89 bits per heavy atom. The van der Waals surface area contributed by atoms with Crippen LogP contribution in [0.3, 0.4) is 0 Å². The number of aryl methyl sites for hydroxylation is 1. The Labute approximate surface area is 108 Å². The molecular formula is C14H22N4. The topological polar surface area (TPSA) is 63.8 Å². The SMILES string of the molecule is NCCNc1ncc2c(n1)CCC1(CCCC1)C2. The Morgan fingerprint density at radius 2 is 2.11 bits per heavy atom. The Morgan fingerprint density at radius 1 is 1.28 bits per heavy atom. The molecule has 0 unspecified atom stereocenters. The molecule has 98 valence electrons. The van der Waals surface area contributed by atoms with Crippen LogP contribution in [0.4, 0.5) is 5.95 Å². The third-order valence-electron chi connectivity index (χ3n) is 4.50. The highest BCUT2D eigenvalue weighted by Gasteiger charge is 2.37. The molecule has 1 aromatic heterocycles. The molecule has 0 bridgehead atoms. The first kappa shape index (κ1) is 11.9. The van der Waals surface area contributed by atoms with E-state index in [-0.39, 0.29) is 0 Å². The van der Waals surface area contributed by atoms with Crippen molar-refractivity contribution in [3.05, 3.63) is 17.5 Å². The van der Waals surface area contributed by atoms with Crippen molar-refractivity contribution in [2.45, 2.75) is 44.9 Å². The Hall–Kier alpha value is -1.16. The Kier molecular flexibility index (Phi) is 3.20. The minimum absolute atomic E-state index is 0.586. The average molecular weight is 246 g/mol. The smallest absolute Gasteiger partial charge is 0.222 e. The molecule has 1 spiro atoms. The number of hydrogen-bond acceptors (Lipinski definition) is 4. The van der Waals surface area contributed by atoms with Gasteiger partial charge in [-0.3, -0.25) is 0 Å². The van der Waals surface area contributed by atoms with Crippen molar-refractivity contribution >= 4 is 5.95 Å². The van der Waals surface area contributed by atoms with Crippen molar-refractivity contribution in [2.24, 2.45) is 11.1 Å². The maximum absolute atomic E-state index is 5.47. The highest BCUT2D eigenvalue weighted by Crippen LogP contribution is 2.47. The first-order chi connectivity index (χ1) is 8.81. The normalized spacial score (nSPS) is 20.9. The van der Waals surface area contributed by atoms with Crippen LogP contribution < -0.4 is 11.1 Å². The lowest BCUT2D eigenvalue weighted by Gasteiger charge is -2.34. The van der Waals surface area contributed by atoms with Crippen LogP contribution in [0, 0.1) is 5.41 Å². The van der Waals surface area contributed by atoms with Gasteiger partial charge in [-0.15, -0.1) is 0 Å². The Bertz CT molecular complexity index is 424. The summed E-state index contributed by atoms with van der Waals surface area (Å²) in [4.78, 5) is 9.03. The molecule has 4 heteroatoms. The van der Waals surface area contributed by atoms with Crippen LogP contribution in [-0.4, -0.2) is 23.1 Å². The average Bonchev–Trinajstić information content (AvgIpc) is 2.84. The highest BCUT2D eigenvalue weighted by molar-refractivity contribution is 5.32. The van der Waals surface area contributed by atoms with Crippen LogP contribution in [0.5, 0.6) is 0 Å². The van der Waals surface area contributed by atoms with Crippen molar-refractivity contribution in [3.8, 4) is 0 Å². The van der Waals surface area contributed by atoms with Crippen molar-refractivity contribution in [3.63, 3.8) is 0 Å². The third kappa shape index (κ3) is 2.21. The van der Waals surface area contributed by atoms with Crippen molar-refractivity contribution in [1.29, 1.82) is 0 Å². The summed E-state index contributed by atoms with van der Waals surface area (Å²) >= 11 is 0. The maximum Gasteiger partial charge on any atom is 0.222 e. The predicted molar refractivity (Wildman–Crippen MR) is 72.5 cm³/mol. The number of nitrogens with two attached hydrogens (primary N) is 1. The summed E-state index contributed by atoms with van der Waals surface area (Å²) < 4.78 is 0. The number of hydrogen-bond donors (Lipinski definition) is 2. The molecular weight excluding hydrogens is 224 g/mol. The number of aromatic nitrogens is 2. The molecule has 4 nitrogen and oxygen atoms in total. The van der Waals surface area contributed by atoms with Crippen LogP contribution in [0.25, 0.3) is 0 Å². The van der Waals surface area contributed by atoms with Gasteiger partial charge in [0.05, 0.1) is 0 Å². The van der Waals surface area contributed by atoms with E-state index in [1.807, 2.05) is 6.20 Å². The van der Waals surface area contributed by atoms with E-state index in [4.69, 9.17) is 5.73 Å². The van der Waals surface area contributed by atoms with Gasteiger partial charge >= 0.3 is 0 Å². The minimum Gasteiger partial charge on any atom is -0.353 e. The predicted octanol–water partition coefficient (Wildman–Crippen LogP) is 1.90. The van der Waals surface area contributed by atoms with Crippen molar-refractivity contribution in [1.82, 2.24) is 9.97 Å².